The Labute approximate surface area is 123 Å². The van der Waals surface area contributed by atoms with Crippen molar-refractivity contribution < 1.29 is 18.0 Å². The number of halogens is 4. The largest absolute Gasteiger partial charge is 0.417 e. The summed E-state index contributed by atoms with van der Waals surface area (Å²) in [5.41, 5.74) is 2.01. The Bertz CT molecular complexity index is 740. The number of carbonyl (C=O) groups is 1. The topological polar surface area (TPSA) is 29.1 Å². The van der Waals surface area contributed by atoms with E-state index in [1.165, 1.54) is 12.1 Å². The molecule has 6 heteroatoms. The molecule has 1 aliphatic heterocycles. The van der Waals surface area contributed by atoms with E-state index in [0.717, 1.165) is 22.9 Å². The van der Waals surface area contributed by atoms with Crippen LogP contribution in [-0.4, -0.2) is 5.91 Å². The Hall–Kier alpha value is -2.01. The number of amides is 1. The monoisotopic (exact) mass is 311 g/mol. The van der Waals surface area contributed by atoms with E-state index < -0.39 is 11.7 Å². The number of benzene rings is 2. The highest BCUT2D eigenvalue weighted by Crippen LogP contribution is 2.37. The van der Waals surface area contributed by atoms with Gasteiger partial charge in [0.1, 0.15) is 0 Å². The van der Waals surface area contributed by atoms with Gasteiger partial charge in [0.05, 0.1) is 17.0 Å². The molecule has 0 saturated carbocycles. The zero-order valence-electron chi connectivity index (χ0n) is 10.6. The molecule has 2 aromatic rings. The average Bonchev–Trinajstić information content (AvgIpc) is 2.76. The highest BCUT2D eigenvalue weighted by Gasteiger charge is 2.33. The van der Waals surface area contributed by atoms with Crippen LogP contribution < -0.4 is 5.32 Å². The molecule has 0 unspecified atom stereocenters. The van der Waals surface area contributed by atoms with Crippen LogP contribution in [0.4, 0.5) is 18.9 Å². The second-order valence-electron chi connectivity index (χ2n) is 4.79. The molecule has 0 fully saturated rings. The van der Waals surface area contributed by atoms with Crippen LogP contribution in [-0.2, 0) is 17.4 Å². The summed E-state index contributed by atoms with van der Waals surface area (Å²) >= 11 is 5.72. The number of carbonyl (C=O) groups excluding carboxylic acids is 1. The molecule has 21 heavy (non-hydrogen) atoms. The lowest BCUT2D eigenvalue weighted by Crippen LogP contribution is -2.05. The fraction of sp³-hybridized carbons (Fsp3) is 0.133. The molecule has 0 saturated heterocycles. The van der Waals surface area contributed by atoms with Crippen LogP contribution in [0.25, 0.3) is 11.1 Å². The van der Waals surface area contributed by atoms with Gasteiger partial charge in [-0.25, -0.2) is 0 Å². The average molecular weight is 312 g/mol. The SMILES string of the molecule is O=C1Cc2cc(-c3ccc(C(F)(F)F)c(Cl)c3)ccc2N1. The zero-order valence-corrected chi connectivity index (χ0v) is 11.3. The fourth-order valence-electron chi connectivity index (χ4n) is 2.33. The van der Waals surface area contributed by atoms with E-state index in [1.54, 1.807) is 18.2 Å². The highest BCUT2D eigenvalue weighted by atomic mass is 35.5. The predicted octanol–water partition coefficient (Wildman–Crippen LogP) is 4.52. The van der Waals surface area contributed by atoms with Gasteiger partial charge in [-0.2, -0.15) is 13.2 Å². The summed E-state index contributed by atoms with van der Waals surface area (Å²) < 4.78 is 38.0. The summed E-state index contributed by atoms with van der Waals surface area (Å²) in [6, 6.07) is 8.89. The lowest BCUT2D eigenvalue weighted by Gasteiger charge is -2.11. The molecule has 0 aromatic heterocycles. The summed E-state index contributed by atoms with van der Waals surface area (Å²) in [5.74, 6) is -0.0902. The van der Waals surface area contributed by atoms with Crippen LogP contribution in [0.3, 0.4) is 0 Å². The van der Waals surface area contributed by atoms with E-state index in [-0.39, 0.29) is 17.4 Å². The molecule has 0 aliphatic carbocycles. The number of anilines is 1. The fourth-order valence-corrected chi connectivity index (χ4v) is 2.62. The Morgan fingerprint density at radius 2 is 1.71 bits per heavy atom. The first kappa shape index (κ1) is 13.9. The Balaban J connectivity index is 2.01. The molecule has 0 bridgehead atoms. The number of hydrogen-bond donors (Lipinski definition) is 1. The molecule has 0 atom stereocenters. The van der Waals surface area contributed by atoms with E-state index in [4.69, 9.17) is 11.6 Å². The third-order valence-corrected chi connectivity index (χ3v) is 3.65. The maximum absolute atomic E-state index is 12.7. The van der Waals surface area contributed by atoms with Crippen molar-refractivity contribution in [2.45, 2.75) is 12.6 Å². The van der Waals surface area contributed by atoms with Crippen molar-refractivity contribution >= 4 is 23.2 Å². The van der Waals surface area contributed by atoms with E-state index in [2.05, 4.69) is 5.32 Å². The first-order valence-corrected chi connectivity index (χ1v) is 6.52. The van der Waals surface area contributed by atoms with Gasteiger partial charge in [-0.3, -0.25) is 4.79 Å². The number of hydrogen-bond acceptors (Lipinski definition) is 1. The molecule has 108 valence electrons. The maximum atomic E-state index is 12.7. The van der Waals surface area contributed by atoms with Crippen molar-refractivity contribution in [1.82, 2.24) is 0 Å². The van der Waals surface area contributed by atoms with Gasteiger partial charge >= 0.3 is 6.18 Å². The van der Waals surface area contributed by atoms with Crippen molar-refractivity contribution in [3.63, 3.8) is 0 Å². The molecule has 2 aromatic carbocycles. The number of nitrogens with one attached hydrogen (secondary N) is 1. The lowest BCUT2D eigenvalue weighted by atomic mass is 10.0. The lowest BCUT2D eigenvalue weighted by molar-refractivity contribution is -0.137. The van der Waals surface area contributed by atoms with Crippen LogP contribution >= 0.6 is 11.6 Å². The molecule has 1 N–H and O–H groups in total. The quantitative estimate of drug-likeness (QED) is 0.824. The molecule has 0 radical (unpaired) electrons. The zero-order chi connectivity index (χ0) is 15.2. The third-order valence-electron chi connectivity index (χ3n) is 3.34. The minimum absolute atomic E-state index is 0.0902. The van der Waals surface area contributed by atoms with Crippen molar-refractivity contribution in [3.8, 4) is 11.1 Å². The van der Waals surface area contributed by atoms with Crippen LogP contribution in [0.5, 0.6) is 0 Å². The van der Waals surface area contributed by atoms with Crippen molar-refractivity contribution in [1.29, 1.82) is 0 Å². The Morgan fingerprint density at radius 3 is 2.38 bits per heavy atom. The Kier molecular flexibility index (Phi) is 3.17. The van der Waals surface area contributed by atoms with Crippen molar-refractivity contribution in [3.05, 3.63) is 52.5 Å². The Morgan fingerprint density at radius 1 is 1.05 bits per heavy atom. The third kappa shape index (κ3) is 2.61. The minimum atomic E-state index is -4.47. The van der Waals surface area contributed by atoms with Crippen LogP contribution in [0.15, 0.2) is 36.4 Å². The van der Waals surface area contributed by atoms with Gasteiger partial charge in [-0.1, -0.05) is 23.7 Å². The van der Waals surface area contributed by atoms with Crippen LogP contribution in [0.2, 0.25) is 5.02 Å². The van der Waals surface area contributed by atoms with Crippen molar-refractivity contribution in [2.75, 3.05) is 5.32 Å². The number of rotatable bonds is 1. The normalized spacial score (nSPS) is 14.0. The van der Waals surface area contributed by atoms with Crippen LogP contribution in [0, 0.1) is 0 Å². The molecule has 2 nitrogen and oxygen atoms in total. The predicted molar refractivity (Wildman–Crippen MR) is 74.2 cm³/mol. The standard InChI is InChI=1S/C15H9ClF3NO/c16-12-6-9(1-3-11(12)15(17,18)19)8-2-4-13-10(5-8)7-14(21)20-13/h1-6H,7H2,(H,20,21). The van der Waals surface area contributed by atoms with E-state index in [9.17, 15) is 18.0 Å². The van der Waals surface area contributed by atoms with Crippen molar-refractivity contribution in [2.24, 2.45) is 0 Å². The van der Waals surface area contributed by atoms with Gasteiger partial charge < -0.3 is 5.32 Å². The molecule has 1 amide bonds. The molecular weight excluding hydrogens is 303 g/mol. The number of fused-ring (bicyclic) bond motifs is 1. The maximum Gasteiger partial charge on any atom is 0.417 e. The minimum Gasteiger partial charge on any atom is -0.326 e. The summed E-state index contributed by atoms with van der Waals surface area (Å²) in [5, 5.41) is 2.36. The molecule has 0 spiro atoms. The highest BCUT2D eigenvalue weighted by molar-refractivity contribution is 6.31. The first-order valence-electron chi connectivity index (χ1n) is 6.14. The van der Waals surface area contributed by atoms with E-state index in [1.807, 2.05) is 0 Å². The summed E-state index contributed by atoms with van der Waals surface area (Å²) in [6.45, 7) is 0. The van der Waals surface area contributed by atoms with Crippen LogP contribution in [0.1, 0.15) is 11.1 Å². The second kappa shape index (κ2) is 4.77. The van der Waals surface area contributed by atoms with Gasteiger partial charge in [0.15, 0.2) is 0 Å². The molecule has 1 aliphatic rings. The van der Waals surface area contributed by atoms with E-state index >= 15 is 0 Å². The van der Waals surface area contributed by atoms with Gasteiger partial charge in [0, 0.05) is 5.69 Å². The van der Waals surface area contributed by atoms with E-state index in [0.29, 0.717) is 5.56 Å². The summed E-state index contributed by atoms with van der Waals surface area (Å²) in [4.78, 5) is 11.3. The molecule has 1 heterocycles. The summed E-state index contributed by atoms with van der Waals surface area (Å²) in [7, 11) is 0. The first-order chi connectivity index (χ1) is 9.84. The molecule has 3 rings (SSSR count). The van der Waals surface area contributed by atoms with Gasteiger partial charge in [0.25, 0.3) is 0 Å². The molecular formula is C15H9ClF3NO. The van der Waals surface area contributed by atoms with Gasteiger partial charge in [0.2, 0.25) is 5.91 Å². The second-order valence-corrected chi connectivity index (χ2v) is 5.20. The van der Waals surface area contributed by atoms with Gasteiger partial charge in [-0.05, 0) is 41.0 Å². The van der Waals surface area contributed by atoms with Gasteiger partial charge in [-0.15, -0.1) is 0 Å². The smallest absolute Gasteiger partial charge is 0.326 e. The summed E-state index contributed by atoms with van der Waals surface area (Å²) in [6.07, 6.45) is -4.19. The number of alkyl halides is 3.